The van der Waals surface area contributed by atoms with Gasteiger partial charge in [0.15, 0.2) is 11.5 Å². The third-order valence-electron chi connectivity index (χ3n) is 3.67. The first kappa shape index (κ1) is 18.7. The molecule has 2 amide bonds. The van der Waals surface area contributed by atoms with E-state index < -0.39 is 12.4 Å². The van der Waals surface area contributed by atoms with Crippen LogP contribution in [0.4, 0.5) is 18.0 Å². The molecule has 0 aromatic heterocycles. The first-order chi connectivity index (χ1) is 12.9. The molecule has 1 aliphatic heterocycles. The van der Waals surface area contributed by atoms with Crippen molar-refractivity contribution in [3.05, 3.63) is 53.6 Å². The first-order valence-corrected chi connectivity index (χ1v) is 8.14. The van der Waals surface area contributed by atoms with E-state index in [-0.39, 0.29) is 12.3 Å². The van der Waals surface area contributed by atoms with Gasteiger partial charge < -0.3 is 24.8 Å². The van der Waals surface area contributed by atoms with Gasteiger partial charge in [-0.05, 0) is 35.4 Å². The minimum atomic E-state index is -4.73. The maximum Gasteiger partial charge on any atom is 0.573 e. The number of carbonyl (C=O) groups is 1. The average Bonchev–Trinajstić information content (AvgIpc) is 2.64. The van der Waals surface area contributed by atoms with E-state index in [0.29, 0.717) is 36.8 Å². The van der Waals surface area contributed by atoms with E-state index in [0.717, 1.165) is 5.56 Å². The van der Waals surface area contributed by atoms with Crippen LogP contribution in [0.2, 0.25) is 0 Å². The fourth-order valence-corrected chi connectivity index (χ4v) is 2.43. The van der Waals surface area contributed by atoms with Crippen LogP contribution < -0.4 is 24.8 Å². The minimum Gasteiger partial charge on any atom is -0.486 e. The number of carbonyl (C=O) groups excluding carboxylic acids is 1. The third-order valence-corrected chi connectivity index (χ3v) is 3.67. The number of urea groups is 1. The number of ether oxygens (including phenoxy) is 3. The van der Waals surface area contributed by atoms with Crippen LogP contribution >= 0.6 is 0 Å². The van der Waals surface area contributed by atoms with E-state index in [1.165, 1.54) is 24.3 Å². The van der Waals surface area contributed by atoms with E-state index in [2.05, 4.69) is 15.4 Å². The number of hydrogen-bond acceptors (Lipinski definition) is 4. The van der Waals surface area contributed by atoms with Gasteiger partial charge in [0, 0.05) is 13.1 Å². The van der Waals surface area contributed by atoms with Gasteiger partial charge in [-0.3, -0.25) is 0 Å². The molecule has 0 saturated heterocycles. The third kappa shape index (κ3) is 5.70. The minimum absolute atomic E-state index is 0.166. The van der Waals surface area contributed by atoms with Crippen LogP contribution in [0.1, 0.15) is 11.1 Å². The summed E-state index contributed by atoms with van der Waals surface area (Å²) in [5, 5.41) is 5.33. The normalized spacial score (nSPS) is 13.0. The maximum absolute atomic E-state index is 12.1. The number of benzene rings is 2. The van der Waals surface area contributed by atoms with Gasteiger partial charge in [0.25, 0.3) is 0 Å². The maximum atomic E-state index is 12.1. The molecule has 144 valence electrons. The van der Waals surface area contributed by atoms with Crippen LogP contribution in [-0.2, 0) is 13.1 Å². The molecule has 0 atom stereocenters. The van der Waals surface area contributed by atoms with Gasteiger partial charge in [0.1, 0.15) is 19.0 Å². The summed E-state index contributed by atoms with van der Waals surface area (Å²) >= 11 is 0. The summed E-state index contributed by atoms with van der Waals surface area (Å²) in [6, 6.07) is 10.3. The second kappa shape index (κ2) is 8.07. The molecule has 2 N–H and O–H groups in total. The smallest absolute Gasteiger partial charge is 0.486 e. The fraction of sp³-hybridized carbons (Fsp3) is 0.278. The van der Waals surface area contributed by atoms with Crippen molar-refractivity contribution in [1.82, 2.24) is 10.6 Å². The highest BCUT2D eigenvalue weighted by atomic mass is 19.4. The largest absolute Gasteiger partial charge is 0.573 e. The standard InChI is InChI=1S/C18H17F3N2O4/c19-18(20,21)27-14-4-1-12(2-5-14)10-22-17(24)23-11-13-3-6-15-16(9-13)26-8-7-25-15/h1-6,9H,7-8,10-11H2,(H2,22,23,24). The Morgan fingerprint density at radius 1 is 0.926 bits per heavy atom. The highest BCUT2D eigenvalue weighted by molar-refractivity contribution is 5.73. The molecule has 1 aliphatic rings. The molecule has 0 fully saturated rings. The van der Waals surface area contributed by atoms with Crippen molar-refractivity contribution in [3.63, 3.8) is 0 Å². The number of halogens is 3. The van der Waals surface area contributed by atoms with E-state index in [1.807, 2.05) is 6.07 Å². The zero-order valence-electron chi connectivity index (χ0n) is 14.1. The molecule has 9 heteroatoms. The molecule has 6 nitrogen and oxygen atoms in total. The van der Waals surface area contributed by atoms with Crippen LogP contribution in [-0.4, -0.2) is 25.6 Å². The Labute approximate surface area is 153 Å². The van der Waals surface area contributed by atoms with Crippen molar-refractivity contribution in [2.45, 2.75) is 19.5 Å². The van der Waals surface area contributed by atoms with Crippen molar-refractivity contribution < 1.29 is 32.2 Å². The van der Waals surface area contributed by atoms with Gasteiger partial charge in [-0.2, -0.15) is 0 Å². The highest BCUT2D eigenvalue weighted by Crippen LogP contribution is 2.30. The quantitative estimate of drug-likeness (QED) is 0.832. The van der Waals surface area contributed by atoms with E-state index in [1.54, 1.807) is 12.1 Å². The van der Waals surface area contributed by atoms with Crippen molar-refractivity contribution in [2.75, 3.05) is 13.2 Å². The number of amides is 2. The summed E-state index contributed by atoms with van der Waals surface area (Å²) in [4.78, 5) is 11.9. The highest BCUT2D eigenvalue weighted by Gasteiger charge is 2.30. The fourth-order valence-electron chi connectivity index (χ4n) is 2.43. The van der Waals surface area contributed by atoms with Crippen molar-refractivity contribution in [2.24, 2.45) is 0 Å². The Bertz CT molecular complexity index is 794. The molecule has 0 aliphatic carbocycles. The topological polar surface area (TPSA) is 68.8 Å². The lowest BCUT2D eigenvalue weighted by molar-refractivity contribution is -0.274. The van der Waals surface area contributed by atoms with E-state index in [9.17, 15) is 18.0 Å². The van der Waals surface area contributed by atoms with Gasteiger partial charge in [-0.15, -0.1) is 13.2 Å². The average molecular weight is 382 g/mol. The van der Waals surface area contributed by atoms with Crippen LogP contribution in [0.15, 0.2) is 42.5 Å². The molecule has 3 rings (SSSR count). The van der Waals surface area contributed by atoms with Gasteiger partial charge in [0.05, 0.1) is 0 Å². The molecule has 2 aromatic carbocycles. The van der Waals surface area contributed by atoms with Gasteiger partial charge in [0.2, 0.25) is 0 Å². The molecule has 0 saturated carbocycles. The van der Waals surface area contributed by atoms with E-state index in [4.69, 9.17) is 9.47 Å². The zero-order valence-corrected chi connectivity index (χ0v) is 14.1. The molecule has 0 bridgehead atoms. The first-order valence-electron chi connectivity index (χ1n) is 8.14. The summed E-state index contributed by atoms with van der Waals surface area (Å²) in [7, 11) is 0. The van der Waals surface area contributed by atoms with Crippen LogP contribution in [0.3, 0.4) is 0 Å². The predicted octanol–water partition coefficient (Wildman–Crippen LogP) is 3.36. The Morgan fingerprint density at radius 2 is 1.52 bits per heavy atom. The van der Waals surface area contributed by atoms with Crippen LogP contribution in [0.25, 0.3) is 0 Å². The van der Waals surface area contributed by atoms with Gasteiger partial charge in [-0.25, -0.2) is 4.79 Å². The number of fused-ring (bicyclic) bond motifs is 1. The number of alkyl halides is 3. The lowest BCUT2D eigenvalue weighted by atomic mass is 10.2. The second-order valence-electron chi connectivity index (χ2n) is 5.71. The second-order valence-corrected chi connectivity index (χ2v) is 5.71. The summed E-state index contributed by atoms with van der Waals surface area (Å²) in [6.07, 6.45) is -4.73. The number of hydrogen-bond donors (Lipinski definition) is 2. The summed E-state index contributed by atoms with van der Waals surface area (Å²) < 4.78 is 51.0. The van der Waals surface area contributed by atoms with Crippen molar-refractivity contribution >= 4 is 6.03 Å². The zero-order chi connectivity index (χ0) is 19.3. The Balaban J connectivity index is 1.44. The lowest BCUT2D eigenvalue weighted by Crippen LogP contribution is -2.34. The van der Waals surface area contributed by atoms with Crippen LogP contribution in [0.5, 0.6) is 17.2 Å². The molecule has 0 spiro atoms. The molecule has 0 unspecified atom stereocenters. The Kier molecular flexibility index (Phi) is 5.58. The predicted molar refractivity (Wildman–Crippen MR) is 89.6 cm³/mol. The monoisotopic (exact) mass is 382 g/mol. The molecular weight excluding hydrogens is 365 g/mol. The lowest BCUT2D eigenvalue weighted by Gasteiger charge is -2.19. The summed E-state index contributed by atoms with van der Waals surface area (Å²) in [5.41, 5.74) is 1.49. The SMILES string of the molecule is O=C(NCc1ccc(OC(F)(F)F)cc1)NCc1ccc2c(c1)OCCO2. The van der Waals surface area contributed by atoms with Crippen LogP contribution in [0, 0.1) is 0 Å². The Hall–Kier alpha value is -3.10. The summed E-state index contributed by atoms with van der Waals surface area (Å²) in [5.74, 6) is 1.00. The van der Waals surface area contributed by atoms with E-state index >= 15 is 0 Å². The molecule has 1 heterocycles. The molecule has 0 radical (unpaired) electrons. The number of nitrogens with one attached hydrogen (secondary N) is 2. The molecule has 27 heavy (non-hydrogen) atoms. The number of rotatable bonds is 5. The van der Waals surface area contributed by atoms with Gasteiger partial charge in [-0.1, -0.05) is 18.2 Å². The Morgan fingerprint density at radius 3 is 2.19 bits per heavy atom. The summed E-state index contributed by atoms with van der Waals surface area (Å²) in [6.45, 7) is 1.45. The van der Waals surface area contributed by atoms with Crippen molar-refractivity contribution in [1.29, 1.82) is 0 Å². The molecular formula is C18H17F3N2O4. The van der Waals surface area contributed by atoms with Crippen molar-refractivity contribution in [3.8, 4) is 17.2 Å². The van der Waals surface area contributed by atoms with Gasteiger partial charge >= 0.3 is 12.4 Å². The molecule has 2 aromatic rings.